The summed E-state index contributed by atoms with van der Waals surface area (Å²) in [4.78, 5) is 33.0. The predicted octanol–water partition coefficient (Wildman–Crippen LogP) is 0.316. The maximum atomic E-state index is 11.4. The summed E-state index contributed by atoms with van der Waals surface area (Å²) in [7, 11) is 1.39. The number of nitro groups is 1. The number of nitrogens with zero attached hydrogens (tertiary/aromatic N) is 1. The van der Waals surface area contributed by atoms with E-state index in [1.165, 1.54) is 26.1 Å². The molecule has 8 heteroatoms. The third kappa shape index (κ3) is 3.51. The average molecular weight is 281 g/mol. The first-order chi connectivity index (χ1) is 9.40. The zero-order chi connectivity index (χ0) is 15.3. The molecule has 0 aliphatic rings. The molecule has 0 aliphatic carbocycles. The van der Waals surface area contributed by atoms with Crippen LogP contribution >= 0.6 is 0 Å². The summed E-state index contributed by atoms with van der Waals surface area (Å²) in [5, 5.41) is 25.0. The van der Waals surface area contributed by atoms with E-state index in [0.717, 1.165) is 6.07 Å². The number of hydrogen-bond acceptors (Lipinski definition) is 6. The van der Waals surface area contributed by atoms with Gasteiger partial charge in [0, 0.05) is 18.7 Å². The quantitative estimate of drug-likeness (QED) is 0.392. The minimum Gasteiger partial charge on any atom is -0.394 e. The third-order valence-electron chi connectivity index (χ3n) is 2.68. The van der Waals surface area contributed by atoms with Crippen LogP contribution in [0.3, 0.4) is 0 Å². The highest BCUT2D eigenvalue weighted by Gasteiger charge is 2.22. The number of nitrogens with one attached hydrogen (secondary N) is 2. The summed E-state index contributed by atoms with van der Waals surface area (Å²) in [5.74, 6) is -0.804. The Balaban J connectivity index is 3.14. The zero-order valence-electron chi connectivity index (χ0n) is 11.0. The number of hydrogen-bond donors (Lipinski definition) is 3. The topological polar surface area (TPSA) is 122 Å². The van der Waals surface area contributed by atoms with Crippen LogP contribution in [0.4, 0.5) is 11.4 Å². The number of amides is 1. The minimum absolute atomic E-state index is 0.0580. The fraction of sp³-hybridized carbons (Fsp3) is 0.333. The summed E-state index contributed by atoms with van der Waals surface area (Å²) in [6, 6.07) is 2.86. The van der Waals surface area contributed by atoms with Crippen LogP contribution in [-0.4, -0.2) is 41.4 Å². The predicted molar refractivity (Wildman–Crippen MR) is 71.7 cm³/mol. The Morgan fingerprint density at radius 3 is 2.55 bits per heavy atom. The van der Waals surface area contributed by atoms with Gasteiger partial charge >= 0.3 is 0 Å². The largest absolute Gasteiger partial charge is 0.394 e. The van der Waals surface area contributed by atoms with Crippen LogP contribution in [0, 0.1) is 10.1 Å². The number of nitro benzene ring substituents is 1. The van der Waals surface area contributed by atoms with E-state index in [1.807, 2.05) is 0 Å². The van der Waals surface area contributed by atoms with Crippen molar-refractivity contribution in [1.82, 2.24) is 5.32 Å². The van der Waals surface area contributed by atoms with Crippen molar-refractivity contribution in [2.45, 2.75) is 13.0 Å². The van der Waals surface area contributed by atoms with Crippen molar-refractivity contribution in [3.05, 3.63) is 33.9 Å². The van der Waals surface area contributed by atoms with Crippen molar-refractivity contribution >= 4 is 23.1 Å². The van der Waals surface area contributed by atoms with Gasteiger partial charge in [-0.3, -0.25) is 19.7 Å². The molecular weight excluding hydrogens is 266 g/mol. The van der Waals surface area contributed by atoms with Gasteiger partial charge < -0.3 is 15.7 Å². The Morgan fingerprint density at radius 1 is 1.45 bits per heavy atom. The Labute approximate surface area is 114 Å². The van der Waals surface area contributed by atoms with Gasteiger partial charge in [0.2, 0.25) is 5.91 Å². The van der Waals surface area contributed by atoms with Crippen LogP contribution < -0.4 is 10.6 Å². The molecule has 1 unspecified atom stereocenters. The number of carbonyl (C=O) groups excluding carboxylic acids is 2. The molecule has 8 nitrogen and oxygen atoms in total. The fourth-order valence-electron chi connectivity index (χ4n) is 1.58. The maximum Gasteiger partial charge on any atom is 0.293 e. The van der Waals surface area contributed by atoms with E-state index < -0.39 is 23.5 Å². The number of benzene rings is 1. The molecular formula is C12H15N3O5. The van der Waals surface area contributed by atoms with E-state index in [9.17, 15) is 19.7 Å². The van der Waals surface area contributed by atoms with Gasteiger partial charge in [-0.1, -0.05) is 0 Å². The number of likely N-dealkylation sites (N-methyl/N-ethyl adjacent to an activating group) is 1. The first-order valence-corrected chi connectivity index (χ1v) is 5.79. The van der Waals surface area contributed by atoms with Gasteiger partial charge in [0.05, 0.1) is 11.5 Å². The standard InChI is InChI=1S/C12H15N3O5/c1-7(17)8-3-4-9(11(5-8)15(19)20)14-10(6-16)12(18)13-2/h3-5,10,14,16H,6H2,1-2H3,(H,13,18). The number of aliphatic hydroxyl groups is 1. The number of carbonyl (C=O) groups is 2. The van der Waals surface area contributed by atoms with Crippen LogP contribution in [0.5, 0.6) is 0 Å². The lowest BCUT2D eigenvalue weighted by molar-refractivity contribution is -0.384. The maximum absolute atomic E-state index is 11.4. The van der Waals surface area contributed by atoms with E-state index in [-0.39, 0.29) is 22.7 Å². The van der Waals surface area contributed by atoms with E-state index in [4.69, 9.17) is 5.11 Å². The molecule has 0 fully saturated rings. The first kappa shape index (κ1) is 15.6. The Kier molecular flexibility index (Phi) is 5.15. The number of aliphatic hydroxyl groups excluding tert-OH is 1. The lowest BCUT2D eigenvalue weighted by Gasteiger charge is -2.16. The normalized spacial score (nSPS) is 11.6. The SMILES string of the molecule is CNC(=O)C(CO)Nc1ccc(C(C)=O)cc1[N+](=O)[O-]. The van der Waals surface area contributed by atoms with E-state index in [1.54, 1.807) is 0 Å². The monoisotopic (exact) mass is 281 g/mol. The molecule has 0 aromatic heterocycles. The summed E-state index contributed by atoms with van der Waals surface area (Å²) in [5.41, 5.74) is -0.0783. The van der Waals surface area contributed by atoms with Crippen LogP contribution in [0.15, 0.2) is 18.2 Å². The molecule has 0 radical (unpaired) electrons. The number of ketones is 1. The molecule has 0 aliphatic heterocycles. The van der Waals surface area contributed by atoms with E-state index in [2.05, 4.69) is 10.6 Å². The molecule has 0 saturated heterocycles. The number of rotatable bonds is 6. The molecule has 1 rings (SSSR count). The van der Waals surface area contributed by atoms with Crippen LogP contribution in [0.2, 0.25) is 0 Å². The van der Waals surface area contributed by atoms with Gasteiger partial charge in [0.1, 0.15) is 11.7 Å². The Hall–Kier alpha value is -2.48. The van der Waals surface area contributed by atoms with Gasteiger partial charge in [-0.15, -0.1) is 0 Å². The third-order valence-corrected chi connectivity index (χ3v) is 2.68. The van der Waals surface area contributed by atoms with Gasteiger partial charge in [-0.2, -0.15) is 0 Å². The molecule has 0 spiro atoms. The van der Waals surface area contributed by atoms with Gasteiger partial charge in [0.25, 0.3) is 5.69 Å². The second-order valence-electron chi connectivity index (χ2n) is 4.04. The average Bonchev–Trinajstić information content (AvgIpc) is 2.43. The molecule has 1 aromatic carbocycles. The molecule has 1 atom stereocenters. The molecule has 3 N–H and O–H groups in total. The van der Waals surface area contributed by atoms with Crippen molar-refractivity contribution in [2.75, 3.05) is 19.0 Å². The first-order valence-electron chi connectivity index (χ1n) is 5.79. The fourth-order valence-corrected chi connectivity index (χ4v) is 1.58. The highest BCUT2D eigenvalue weighted by atomic mass is 16.6. The van der Waals surface area contributed by atoms with Crippen molar-refractivity contribution in [3.8, 4) is 0 Å². The van der Waals surface area contributed by atoms with Crippen molar-refractivity contribution in [2.24, 2.45) is 0 Å². The van der Waals surface area contributed by atoms with Crippen molar-refractivity contribution < 1.29 is 19.6 Å². The summed E-state index contributed by atoms with van der Waals surface area (Å²) in [6.45, 7) is 0.776. The summed E-state index contributed by atoms with van der Waals surface area (Å²) >= 11 is 0. The lowest BCUT2D eigenvalue weighted by Crippen LogP contribution is -2.40. The van der Waals surface area contributed by atoms with Crippen LogP contribution in [-0.2, 0) is 4.79 Å². The summed E-state index contributed by atoms with van der Waals surface area (Å²) < 4.78 is 0. The van der Waals surface area contributed by atoms with E-state index in [0.29, 0.717) is 0 Å². The lowest BCUT2D eigenvalue weighted by atomic mass is 10.1. The van der Waals surface area contributed by atoms with Gasteiger partial charge in [-0.05, 0) is 19.1 Å². The molecule has 0 heterocycles. The molecule has 20 heavy (non-hydrogen) atoms. The second kappa shape index (κ2) is 6.62. The highest BCUT2D eigenvalue weighted by Crippen LogP contribution is 2.26. The van der Waals surface area contributed by atoms with Crippen molar-refractivity contribution in [1.29, 1.82) is 0 Å². The minimum atomic E-state index is -1.01. The van der Waals surface area contributed by atoms with Gasteiger partial charge in [-0.25, -0.2) is 0 Å². The van der Waals surface area contributed by atoms with Crippen LogP contribution in [0.25, 0.3) is 0 Å². The summed E-state index contributed by atoms with van der Waals surface area (Å²) in [6.07, 6.45) is 0. The Bertz CT molecular complexity index is 544. The Morgan fingerprint density at radius 2 is 2.10 bits per heavy atom. The molecule has 108 valence electrons. The smallest absolute Gasteiger partial charge is 0.293 e. The zero-order valence-corrected chi connectivity index (χ0v) is 11.0. The number of anilines is 1. The van der Waals surface area contributed by atoms with Crippen molar-refractivity contribution in [3.63, 3.8) is 0 Å². The molecule has 1 aromatic rings. The van der Waals surface area contributed by atoms with Crippen LogP contribution in [0.1, 0.15) is 17.3 Å². The number of Topliss-reactive ketones (excluding diaryl/α,β-unsaturated/α-hetero) is 1. The highest BCUT2D eigenvalue weighted by molar-refractivity contribution is 5.95. The molecule has 0 saturated carbocycles. The second-order valence-corrected chi connectivity index (χ2v) is 4.04. The molecule has 0 bridgehead atoms. The molecule has 1 amide bonds. The van der Waals surface area contributed by atoms with Gasteiger partial charge in [0.15, 0.2) is 5.78 Å². The van der Waals surface area contributed by atoms with E-state index >= 15 is 0 Å².